The van der Waals surface area contributed by atoms with Crippen LogP contribution in [0.3, 0.4) is 0 Å². The summed E-state index contributed by atoms with van der Waals surface area (Å²) in [5.41, 5.74) is 1.71. The van der Waals surface area contributed by atoms with Gasteiger partial charge in [0.05, 0.1) is 0 Å². The molecule has 0 aliphatic rings. The normalized spacial score (nSPS) is 13.2. The number of hydrogen-bond acceptors (Lipinski definition) is 2. The van der Waals surface area contributed by atoms with Crippen molar-refractivity contribution in [2.45, 2.75) is 40.7 Å². The van der Waals surface area contributed by atoms with Gasteiger partial charge in [0.15, 0.2) is 0 Å². The van der Waals surface area contributed by atoms with Crippen LogP contribution in [0.25, 0.3) is 0 Å². The van der Waals surface area contributed by atoms with Crippen molar-refractivity contribution in [2.24, 2.45) is 5.41 Å². The summed E-state index contributed by atoms with van der Waals surface area (Å²) >= 11 is 0. The second kappa shape index (κ2) is 6.01. The molecule has 0 aliphatic carbocycles. The first kappa shape index (κ1) is 14.7. The van der Waals surface area contributed by atoms with Crippen molar-refractivity contribution in [2.75, 3.05) is 11.9 Å². The fourth-order valence-electron chi connectivity index (χ4n) is 1.60. The van der Waals surface area contributed by atoms with Gasteiger partial charge in [0, 0.05) is 17.1 Å². The molecule has 0 saturated carbocycles. The van der Waals surface area contributed by atoms with Crippen LogP contribution in [0.4, 0.5) is 5.69 Å². The number of anilines is 1. The van der Waals surface area contributed by atoms with E-state index in [1.165, 1.54) is 5.56 Å². The lowest BCUT2D eigenvalue weighted by Gasteiger charge is -2.18. The van der Waals surface area contributed by atoms with Crippen molar-refractivity contribution in [1.29, 1.82) is 0 Å². The quantitative estimate of drug-likeness (QED) is 0.858. The Morgan fingerprint density at radius 2 is 1.78 bits per heavy atom. The molecule has 18 heavy (non-hydrogen) atoms. The first-order valence-corrected chi connectivity index (χ1v) is 6.49. The van der Waals surface area contributed by atoms with E-state index in [0.717, 1.165) is 12.2 Å². The lowest BCUT2D eigenvalue weighted by molar-refractivity contribution is -0.123. The molecule has 3 heteroatoms. The number of carbonyl (C=O) groups excluding carboxylic acids is 1. The summed E-state index contributed by atoms with van der Waals surface area (Å²) in [6, 6.07) is 8.33. The number of benzene rings is 1. The molecule has 1 rings (SSSR count). The monoisotopic (exact) mass is 248 g/mol. The summed E-state index contributed by atoms with van der Waals surface area (Å²) < 4.78 is 0. The van der Waals surface area contributed by atoms with Gasteiger partial charge < -0.3 is 10.6 Å². The SMILES string of the molecule is CCNC(C)c1ccc(NC(=O)C(C)(C)C)cc1. The summed E-state index contributed by atoms with van der Waals surface area (Å²) in [6.45, 7) is 10.9. The maximum atomic E-state index is 11.8. The summed E-state index contributed by atoms with van der Waals surface area (Å²) in [7, 11) is 0. The van der Waals surface area contributed by atoms with E-state index in [9.17, 15) is 4.79 Å². The van der Waals surface area contributed by atoms with E-state index in [0.29, 0.717) is 6.04 Å². The Labute approximate surface area is 110 Å². The summed E-state index contributed by atoms with van der Waals surface area (Å²) in [5, 5.41) is 6.28. The molecule has 1 amide bonds. The Hall–Kier alpha value is -1.35. The van der Waals surface area contributed by atoms with Crippen molar-refractivity contribution >= 4 is 11.6 Å². The molecule has 0 aromatic heterocycles. The van der Waals surface area contributed by atoms with Gasteiger partial charge in [0.2, 0.25) is 5.91 Å². The molecule has 1 unspecified atom stereocenters. The molecular formula is C15H24N2O. The molecule has 0 fully saturated rings. The van der Waals surface area contributed by atoms with Crippen LogP contribution in [0.5, 0.6) is 0 Å². The van der Waals surface area contributed by atoms with Gasteiger partial charge in [-0.15, -0.1) is 0 Å². The second-order valence-electron chi connectivity index (χ2n) is 5.61. The largest absolute Gasteiger partial charge is 0.326 e. The van der Waals surface area contributed by atoms with E-state index in [1.54, 1.807) is 0 Å². The highest BCUT2D eigenvalue weighted by Crippen LogP contribution is 2.19. The van der Waals surface area contributed by atoms with Crippen LogP contribution < -0.4 is 10.6 Å². The summed E-state index contributed by atoms with van der Waals surface area (Å²) in [4.78, 5) is 11.8. The van der Waals surface area contributed by atoms with E-state index in [-0.39, 0.29) is 11.3 Å². The van der Waals surface area contributed by atoms with Gasteiger partial charge in [-0.2, -0.15) is 0 Å². The third-order valence-electron chi connectivity index (χ3n) is 2.86. The molecule has 0 bridgehead atoms. The van der Waals surface area contributed by atoms with Gasteiger partial charge in [-0.25, -0.2) is 0 Å². The van der Waals surface area contributed by atoms with Crippen molar-refractivity contribution in [1.82, 2.24) is 5.32 Å². The van der Waals surface area contributed by atoms with Crippen LogP contribution >= 0.6 is 0 Å². The standard InChI is InChI=1S/C15H24N2O/c1-6-16-11(2)12-7-9-13(10-8-12)17-14(18)15(3,4)5/h7-11,16H,6H2,1-5H3,(H,17,18). The average molecular weight is 248 g/mol. The van der Waals surface area contributed by atoms with Crippen molar-refractivity contribution in [3.63, 3.8) is 0 Å². The topological polar surface area (TPSA) is 41.1 Å². The fourth-order valence-corrected chi connectivity index (χ4v) is 1.60. The molecule has 1 atom stereocenters. The third kappa shape index (κ3) is 4.15. The van der Waals surface area contributed by atoms with E-state index in [2.05, 4.69) is 24.5 Å². The third-order valence-corrected chi connectivity index (χ3v) is 2.86. The van der Waals surface area contributed by atoms with E-state index in [4.69, 9.17) is 0 Å². The molecule has 1 aromatic carbocycles. The molecule has 0 heterocycles. The first-order chi connectivity index (χ1) is 8.34. The van der Waals surface area contributed by atoms with Crippen molar-refractivity contribution in [3.05, 3.63) is 29.8 Å². The number of hydrogen-bond donors (Lipinski definition) is 2. The first-order valence-electron chi connectivity index (χ1n) is 6.49. The fraction of sp³-hybridized carbons (Fsp3) is 0.533. The van der Waals surface area contributed by atoms with Gasteiger partial charge in [0.1, 0.15) is 0 Å². The van der Waals surface area contributed by atoms with Gasteiger partial charge in [-0.05, 0) is 31.2 Å². The number of amides is 1. The minimum absolute atomic E-state index is 0.0370. The molecule has 1 aromatic rings. The maximum absolute atomic E-state index is 11.8. The zero-order chi connectivity index (χ0) is 13.8. The van der Waals surface area contributed by atoms with Crippen LogP contribution in [0.2, 0.25) is 0 Å². The molecular weight excluding hydrogens is 224 g/mol. The van der Waals surface area contributed by atoms with E-state index >= 15 is 0 Å². The molecule has 2 N–H and O–H groups in total. The molecule has 0 aliphatic heterocycles. The Morgan fingerprint density at radius 3 is 2.22 bits per heavy atom. The van der Waals surface area contributed by atoms with Crippen molar-refractivity contribution < 1.29 is 4.79 Å². The van der Waals surface area contributed by atoms with Gasteiger partial charge in [-0.1, -0.05) is 39.8 Å². The molecule has 0 radical (unpaired) electrons. The number of carbonyl (C=O) groups is 1. The van der Waals surface area contributed by atoms with Crippen LogP contribution in [0, 0.1) is 5.41 Å². The van der Waals surface area contributed by atoms with E-state index in [1.807, 2.05) is 45.0 Å². The molecule has 100 valence electrons. The number of nitrogens with one attached hydrogen (secondary N) is 2. The highest BCUT2D eigenvalue weighted by Gasteiger charge is 2.21. The lowest BCUT2D eigenvalue weighted by Crippen LogP contribution is -2.27. The Bertz CT molecular complexity index is 390. The molecule has 3 nitrogen and oxygen atoms in total. The lowest BCUT2D eigenvalue weighted by atomic mass is 9.95. The smallest absolute Gasteiger partial charge is 0.229 e. The van der Waals surface area contributed by atoms with Crippen LogP contribution in [0.15, 0.2) is 24.3 Å². The highest BCUT2D eigenvalue weighted by molar-refractivity contribution is 5.94. The Morgan fingerprint density at radius 1 is 1.22 bits per heavy atom. The second-order valence-corrected chi connectivity index (χ2v) is 5.61. The molecule has 0 spiro atoms. The van der Waals surface area contributed by atoms with Gasteiger partial charge >= 0.3 is 0 Å². The minimum atomic E-state index is -0.365. The average Bonchev–Trinajstić information content (AvgIpc) is 2.29. The summed E-state index contributed by atoms with van der Waals surface area (Å²) in [6.07, 6.45) is 0. The zero-order valence-electron chi connectivity index (χ0n) is 12.0. The van der Waals surface area contributed by atoms with Crippen molar-refractivity contribution in [3.8, 4) is 0 Å². The predicted octanol–water partition coefficient (Wildman–Crippen LogP) is 3.34. The van der Waals surface area contributed by atoms with Gasteiger partial charge in [-0.3, -0.25) is 4.79 Å². The summed E-state index contributed by atoms with van der Waals surface area (Å²) in [5.74, 6) is 0.0370. The minimum Gasteiger partial charge on any atom is -0.326 e. The highest BCUT2D eigenvalue weighted by atomic mass is 16.2. The van der Waals surface area contributed by atoms with E-state index < -0.39 is 0 Å². The molecule has 0 saturated heterocycles. The van der Waals surface area contributed by atoms with Crippen LogP contribution in [-0.2, 0) is 4.79 Å². The zero-order valence-corrected chi connectivity index (χ0v) is 12.0. The Kier molecular flexibility index (Phi) is 4.91. The Balaban J connectivity index is 2.69. The predicted molar refractivity (Wildman–Crippen MR) is 76.6 cm³/mol. The van der Waals surface area contributed by atoms with Gasteiger partial charge in [0.25, 0.3) is 0 Å². The van der Waals surface area contributed by atoms with Crippen LogP contribution in [0.1, 0.15) is 46.2 Å². The number of rotatable bonds is 4. The van der Waals surface area contributed by atoms with Crippen LogP contribution in [-0.4, -0.2) is 12.5 Å². The maximum Gasteiger partial charge on any atom is 0.229 e.